The van der Waals surface area contributed by atoms with E-state index in [1.165, 1.54) is 18.2 Å². The van der Waals surface area contributed by atoms with Gasteiger partial charge in [-0.3, -0.25) is 14.9 Å². The summed E-state index contributed by atoms with van der Waals surface area (Å²) in [4.78, 5) is 23.3. The number of hydrogen-bond acceptors (Lipinski definition) is 5. The van der Waals surface area contributed by atoms with Crippen molar-refractivity contribution in [3.05, 3.63) is 117 Å². The van der Waals surface area contributed by atoms with Gasteiger partial charge < -0.3 is 10.1 Å². The number of nitrogens with one attached hydrogen (secondary N) is 1. The zero-order valence-electron chi connectivity index (χ0n) is 18.9. The van der Waals surface area contributed by atoms with E-state index in [0.29, 0.717) is 17.0 Å². The molecule has 0 atom stereocenters. The second kappa shape index (κ2) is 10.3. The Morgan fingerprint density at radius 1 is 1.03 bits per heavy atom. The van der Waals surface area contributed by atoms with Crippen LogP contribution in [-0.2, 0) is 11.4 Å². The zero-order chi connectivity index (χ0) is 24.8. The van der Waals surface area contributed by atoms with Crippen LogP contribution in [0.2, 0.25) is 0 Å². The molecule has 0 fully saturated rings. The van der Waals surface area contributed by atoms with Crippen molar-refractivity contribution >= 4 is 34.1 Å². The fraction of sp³-hybridized carbons (Fsp3) is 0.0714. The Morgan fingerprint density at radius 3 is 2.46 bits per heavy atom. The molecule has 0 aliphatic carbocycles. The first-order valence-electron chi connectivity index (χ1n) is 10.8. The topological polar surface area (TPSA) is 105 Å². The molecule has 0 aliphatic rings. The molecule has 35 heavy (non-hydrogen) atoms. The number of rotatable bonds is 7. The Morgan fingerprint density at radius 2 is 1.74 bits per heavy atom. The maximum absolute atomic E-state index is 12.9. The summed E-state index contributed by atoms with van der Waals surface area (Å²) in [5.41, 5.74) is 2.80. The lowest BCUT2D eigenvalue weighted by molar-refractivity contribution is -0.384. The second-order valence-electron chi connectivity index (χ2n) is 7.85. The standard InChI is InChI=1S/C28H21N3O4/c1-19-6-2-5-9-26(19)30-28(32)22(17-29)16-25-24-8-4-3-7-21(24)12-15-27(25)35-18-20-10-13-23(14-11-20)31(33)34/h2-16H,18H2,1H3,(H,30,32)/b22-16+. The summed E-state index contributed by atoms with van der Waals surface area (Å²) in [6, 6.07) is 26.7. The van der Waals surface area contributed by atoms with E-state index >= 15 is 0 Å². The highest BCUT2D eigenvalue weighted by molar-refractivity contribution is 6.11. The van der Waals surface area contributed by atoms with E-state index in [1.54, 1.807) is 24.3 Å². The van der Waals surface area contributed by atoms with E-state index in [9.17, 15) is 20.2 Å². The maximum Gasteiger partial charge on any atom is 0.269 e. The van der Waals surface area contributed by atoms with Crippen molar-refractivity contribution < 1.29 is 14.5 Å². The van der Waals surface area contributed by atoms with Crippen LogP contribution >= 0.6 is 0 Å². The summed E-state index contributed by atoms with van der Waals surface area (Å²) in [5.74, 6) is -0.0328. The normalized spacial score (nSPS) is 11.0. The first kappa shape index (κ1) is 23.2. The third kappa shape index (κ3) is 5.34. The summed E-state index contributed by atoms with van der Waals surface area (Å²) in [5, 5.41) is 25.2. The number of non-ortho nitro benzene ring substituents is 1. The minimum Gasteiger partial charge on any atom is -0.488 e. The zero-order valence-corrected chi connectivity index (χ0v) is 18.9. The molecule has 4 aromatic carbocycles. The Hall–Kier alpha value is -4.96. The fourth-order valence-corrected chi connectivity index (χ4v) is 3.62. The summed E-state index contributed by atoms with van der Waals surface area (Å²) in [6.07, 6.45) is 1.53. The summed E-state index contributed by atoms with van der Waals surface area (Å²) in [6.45, 7) is 2.04. The predicted molar refractivity (Wildman–Crippen MR) is 135 cm³/mol. The average molecular weight is 463 g/mol. The summed E-state index contributed by atoms with van der Waals surface area (Å²) in [7, 11) is 0. The van der Waals surface area contributed by atoms with Gasteiger partial charge in [-0.05, 0) is 59.2 Å². The van der Waals surface area contributed by atoms with Gasteiger partial charge in [0.15, 0.2) is 0 Å². The van der Waals surface area contributed by atoms with Crippen LogP contribution < -0.4 is 10.1 Å². The Labute approximate surface area is 202 Å². The lowest BCUT2D eigenvalue weighted by Gasteiger charge is -2.13. The van der Waals surface area contributed by atoms with E-state index < -0.39 is 10.8 Å². The van der Waals surface area contributed by atoms with Crippen molar-refractivity contribution in [3.63, 3.8) is 0 Å². The molecule has 4 rings (SSSR count). The molecule has 0 saturated carbocycles. The van der Waals surface area contributed by atoms with Crippen molar-refractivity contribution in [3.8, 4) is 11.8 Å². The second-order valence-corrected chi connectivity index (χ2v) is 7.85. The Bertz CT molecular complexity index is 1480. The highest BCUT2D eigenvalue weighted by Gasteiger charge is 2.15. The molecule has 0 heterocycles. The molecule has 7 nitrogen and oxygen atoms in total. The number of para-hydroxylation sites is 1. The van der Waals surface area contributed by atoms with Crippen LogP contribution in [0.4, 0.5) is 11.4 Å². The van der Waals surface area contributed by atoms with Gasteiger partial charge in [-0.15, -0.1) is 0 Å². The van der Waals surface area contributed by atoms with Crippen LogP contribution in [0.3, 0.4) is 0 Å². The van der Waals surface area contributed by atoms with E-state index in [2.05, 4.69) is 5.32 Å². The molecule has 0 saturated heterocycles. The minimum atomic E-state index is -0.518. The van der Waals surface area contributed by atoms with E-state index in [4.69, 9.17) is 4.74 Å². The van der Waals surface area contributed by atoms with Crippen molar-refractivity contribution in [2.45, 2.75) is 13.5 Å². The fourth-order valence-electron chi connectivity index (χ4n) is 3.62. The molecular weight excluding hydrogens is 442 g/mol. The smallest absolute Gasteiger partial charge is 0.269 e. The van der Waals surface area contributed by atoms with E-state index in [1.807, 2.05) is 61.5 Å². The largest absolute Gasteiger partial charge is 0.488 e. The number of nitro benzene ring substituents is 1. The number of amides is 1. The number of nitro groups is 1. The Balaban J connectivity index is 1.68. The third-order valence-electron chi connectivity index (χ3n) is 5.52. The summed E-state index contributed by atoms with van der Waals surface area (Å²) < 4.78 is 6.04. The molecule has 4 aromatic rings. The SMILES string of the molecule is Cc1ccccc1NC(=O)/C(C#N)=C/c1c(OCc2ccc([N+](=O)[O-])cc2)ccc2ccccc12. The number of fused-ring (bicyclic) bond motifs is 1. The molecule has 0 spiro atoms. The number of aryl methyl sites for hydroxylation is 1. The van der Waals surface area contributed by atoms with Gasteiger partial charge in [0, 0.05) is 23.4 Å². The third-order valence-corrected chi connectivity index (χ3v) is 5.52. The predicted octanol–water partition coefficient (Wildman–Crippen LogP) is 6.18. The molecular formula is C28H21N3O4. The number of benzene rings is 4. The van der Waals surface area contributed by atoms with Crippen LogP contribution in [0.1, 0.15) is 16.7 Å². The van der Waals surface area contributed by atoms with E-state index in [-0.39, 0.29) is 17.9 Å². The molecule has 0 radical (unpaired) electrons. The number of anilines is 1. The van der Waals surface area contributed by atoms with Crippen molar-refractivity contribution in [1.82, 2.24) is 0 Å². The first-order valence-corrected chi connectivity index (χ1v) is 10.8. The number of nitrogens with zero attached hydrogens (tertiary/aromatic N) is 2. The lowest BCUT2D eigenvalue weighted by Crippen LogP contribution is -2.14. The van der Waals surface area contributed by atoms with Gasteiger partial charge in [0.1, 0.15) is 24.0 Å². The number of nitriles is 1. The van der Waals surface area contributed by atoms with Crippen molar-refractivity contribution in [1.29, 1.82) is 5.26 Å². The van der Waals surface area contributed by atoms with Crippen LogP contribution in [0.15, 0.2) is 90.5 Å². The molecule has 7 heteroatoms. The molecule has 1 amide bonds. The van der Waals surface area contributed by atoms with Gasteiger partial charge in [-0.2, -0.15) is 5.26 Å². The molecule has 172 valence electrons. The van der Waals surface area contributed by atoms with Gasteiger partial charge in [-0.25, -0.2) is 0 Å². The highest BCUT2D eigenvalue weighted by atomic mass is 16.6. The molecule has 1 N–H and O–H groups in total. The van der Waals surface area contributed by atoms with Crippen LogP contribution in [-0.4, -0.2) is 10.8 Å². The maximum atomic E-state index is 12.9. The quantitative estimate of drug-likeness (QED) is 0.152. The van der Waals surface area contributed by atoms with Gasteiger partial charge >= 0.3 is 0 Å². The van der Waals surface area contributed by atoms with E-state index in [0.717, 1.165) is 21.9 Å². The van der Waals surface area contributed by atoms with Crippen molar-refractivity contribution in [2.24, 2.45) is 0 Å². The van der Waals surface area contributed by atoms with Gasteiger partial charge in [0.05, 0.1) is 4.92 Å². The van der Waals surface area contributed by atoms with Crippen molar-refractivity contribution in [2.75, 3.05) is 5.32 Å². The number of hydrogen-bond donors (Lipinski definition) is 1. The summed E-state index contributed by atoms with van der Waals surface area (Å²) >= 11 is 0. The number of carbonyl (C=O) groups is 1. The van der Waals surface area contributed by atoms with Gasteiger partial charge in [0.25, 0.3) is 11.6 Å². The van der Waals surface area contributed by atoms with Gasteiger partial charge in [0.2, 0.25) is 0 Å². The number of ether oxygens (including phenoxy) is 1. The highest BCUT2D eigenvalue weighted by Crippen LogP contribution is 2.31. The first-order chi connectivity index (χ1) is 17.0. The van der Waals surface area contributed by atoms with Gasteiger partial charge in [-0.1, -0.05) is 48.5 Å². The lowest BCUT2D eigenvalue weighted by atomic mass is 10.0. The molecule has 0 bridgehead atoms. The number of carbonyl (C=O) groups excluding carboxylic acids is 1. The molecule has 0 aliphatic heterocycles. The average Bonchev–Trinajstić information content (AvgIpc) is 2.87. The van der Waals surface area contributed by atoms with Crippen LogP contribution in [0.5, 0.6) is 5.75 Å². The van der Waals surface area contributed by atoms with Crippen LogP contribution in [0, 0.1) is 28.4 Å². The molecule has 0 unspecified atom stereocenters. The molecule has 0 aromatic heterocycles. The minimum absolute atomic E-state index is 0.00130. The monoisotopic (exact) mass is 463 g/mol. The Kier molecular flexibility index (Phi) is 6.84. The van der Waals surface area contributed by atoms with Crippen LogP contribution in [0.25, 0.3) is 16.8 Å².